The van der Waals surface area contributed by atoms with Gasteiger partial charge in [0.15, 0.2) is 0 Å². The minimum Gasteiger partial charge on any atom is -0.355 e. The molecule has 21 heavy (non-hydrogen) atoms. The lowest BCUT2D eigenvalue weighted by Gasteiger charge is -2.33. The fraction of sp³-hybridized carbons (Fsp3) is 0.625. The molecule has 0 unspecified atom stereocenters. The highest BCUT2D eigenvalue weighted by atomic mass is 32.1. The summed E-state index contributed by atoms with van der Waals surface area (Å²) in [5.41, 5.74) is 1.07. The van der Waals surface area contributed by atoms with Crippen LogP contribution >= 0.6 is 11.3 Å². The van der Waals surface area contributed by atoms with E-state index >= 15 is 0 Å². The quantitative estimate of drug-likeness (QED) is 0.921. The van der Waals surface area contributed by atoms with Crippen LogP contribution in [-0.4, -0.2) is 36.1 Å². The number of rotatable bonds is 5. The average Bonchev–Trinajstić information content (AvgIpc) is 2.96. The molecule has 5 heteroatoms. The Morgan fingerprint density at radius 2 is 2.14 bits per heavy atom. The second kappa shape index (κ2) is 6.71. The number of hydrogen-bond acceptors (Lipinski definition) is 5. The molecule has 0 radical (unpaired) electrons. The van der Waals surface area contributed by atoms with Crippen LogP contribution in [0.4, 0.5) is 5.82 Å². The van der Waals surface area contributed by atoms with E-state index in [9.17, 15) is 0 Å². The van der Waals surface area contributed by atoms with Crippen LogP contribution in [0.25, 0.3) is 10.2 Å². The standard InChI is InChI=1S/C16H24N4S/c1-12(2)9-17-10-13-3-6-20(7-4-13)16-15-14(5-8-21-15)18-11-19-16/h5,8,11-13,17H,3-4,6-7,9-10H2,1-2H3. The fourth-order valence-corrected chi connectivity index (χ4v) is 3.79. The molecule has 0 aliphatic carbocycles. The number of nitrogens with zero attached hydrogens (tertiary/aromatic N) is 3. The zero-order chi connectivity index (χ0) is 14.7. The number of hydrogen-bond donors (Lipinski definition) is 1. The van der Waals surface area contributed by atoms with Crippen LogP contribution in [0.2, 0.25) is 0 Å². The first-order valence-corrected chi connectivity index (χ1v) is 8.76. The van der Waals surface area contributed by atoms with Crippen molar-refractivity contribution < 1.29 is 0 Å². The first-order chi connectivity index (χ1) is 10.2. The van der Waals surface area contributed by atoms with Gasteiger partial charge in [-0.3, -0.25) is 0 Å². The van der Waals surface area contributed by atoms with Crippen LogP contribution in [0.15, 0.2) is 17.8 Å². The second-order valence-corrected chi connectivity index (χ2v) is 7.23. The third-order valence-corrected chi connectivity index (χ3v) is 5.02. The maximum absolute atomic E-state index is 4.52. The molecule has 0 saturated carbocycles. The van der Waals surface area contributed by atoms with Gasteiger partial charge >= 0.3 is 0 Å². The molecule has 0 atom stereocenters. The van der Waals surface area contributed by atoms with E-state index in [0.717, 1.165) is 49.3 Å². The van der Waals surface area contributed by atoms with Crippen molar-refractivity contribution in [1.29, 1.82) is 0 Å². The molecule has 1 N–H and O–H groups in total. The molecule has 3 rings (SSSR count). The molecule has 1 saturated heterocycles. The molecule has 2 aromatic heterocycles. The molecule has 2 aromatic rings. The number of fused-ring (bicyclic) bond motifs is 1. The van der Waals surface area contributed by atoms with Gasteiger partial charge in [-0.15, -0.1) is 11.3 Å². The predicted octanol–water partition coefficient (Wildman–Crippen LogP) is 3.15. The molecule has 0 spiro atoms. The maximum atomic E-state index is 4.52. The summed E-state index contributed by atoms with van der Waals surface area (Å²) in [5, 5.41) is 5.70. The molecule has 1 fully saturated rings. The van der Waals surface area contributed by atoms with E-state index in [4.69, 9.17) is 0 Å². The Morgan fingerprint density at radius 3 is 2.90 bits per heavy atom. The zero-order valence-electron chi connectivity index (χ0n) is 12.9. The van der Waals surface area contributed by atoms with Gasteiger partial charge in [-0.25, -0.2) is 9.97 Å². The molecule has 0 aromatic carbocycles. The minimum atomic E-state index is 0.734. The van der Waals surface area contributed by atoms with Crippen molar-refractivity contribution in [2.24, 2.45) is 11.8 Å². The summed E-state index contributed by atoms with van der Waals surface area (Å²) in [6.07, 6.45) is 4.20. The lowest BCUT2D eigenvalue weighted by molar-refractivity contribution is 0.373. The Hall–Kier alpha value is -1.20. The van der Waals surface area contributed by atoms with Gasteiger partial charge in [-0.05, 0) is 49.2 Å². The normalized spacial score (nSPS) is 17.0. The largest absolute Gasteiger partial charge is 0.355 e. The minimum absolute atomic E-state index is 0.734. The van der Waals surface area contributed by atoms with E-state index in [-0.39, 0.29) is 0 Å². The first-order valence-electron chi connectivity index (χ1n) is 7.88. The van der Waals surface area contributed by atoms with E-state index < -0.39 is 0 Å². The first kappa shape index (κ1) is 14.7. The number of anilines is 1. The summed E-state index contributed by atoms with van der Waals surface area (Å²) in [6, 6.07) is 2.08. The molecule has 1 aliphatic rings. The van der Waals surface area contributed by atoms with Gasteiger partial charge in [0, 0.05) is 13.1 Å². The van der Waals surface area contributed by atoms with Gasteiger partial charge in [-0.1, -0.05) is 13.8 Å². The van der Waals surface area contributed by atoms with E-state index in [0.29, 0.717) is 0 Å². The van der Waals surface area contributed by atoms with Crippen LogP contribution in [0.5, 0.6) is 0 Å². The molecular weight excluding hydrogens is 280 g/mol. The molecule has 4 nitrogen and oxygen atoms in total. The Morgan fingerprint density at radius 1 is 1.33 bits per heavy atom. The topological polar surface area (TPSA) is 41.0 Å². The van der Waals surface area contributed by atoms with Gasteiger partial charge in [-0.2, -0.15) is 0 Å². The van der Waals surface area contributed by atoms with Gasteiger partial charge < -0.3 is 10.2 Å². The van der Waals surface area contributed by atoms with Crippen LogP contribution in [-0.2, 0) is 0 Å². The van der Waals surface area contributed by atoms with Crippen LogP contribution in [0.3, 0.4) is 0 Å². The highest BCUT2D eigenvalue weighted by Gasteiger charge is 2.21. The molecule has 114 valence electrons. The highest BCUT2D eigenvalue weighted by molar-refractivity contribution is 7.17. The van der Waals surface area contributed by atoms with Crippen molar-refractivity contribution in [2.45, 2.75) is 26.7 Å². The Bertz CT molecular complexity index is 572. The third kappa shape index (κ3) is 3.52. The Balaban J connectivity index is 1.57. The van der Waals surface area contributed by atoms with Crippen molar-refractivity contribution in [3.05, 3.63) is 17.8 Å². The van der Waals surface area contributed by atoms with E-state index in [2.05, 4.69) is 45.5 Å². The summed E-state index contributed by atoms with van der Waals surface area (Å²) in [4.78, 5) is 11.3. The monoisotopic (exact) mass is 304 g/mol. The zero-order valence-corrected chi connectivity index (χ0v) is 13.7. The number of aromatic nitrogens is 2. The van der Waals surface area contributed by atoms with Crippen molar-refractivity contribution in [2.75, 3.05) is 31.1 Å². The van der Waals surface area contributed by atoms with Crippen LogP contribution in [0, 0.1) is 11.8 Å². The van der Waals surface area contributed by atoms with Gasteiger partial charge in [0.1, 0.15) is 12.1 Å². The summed E-state index contributed by atoms with van der Waals surface area (Å²) < 4.78 is 1.23. The van der Waals surface area contributed by atoms with Gasteiger partial charge in [0.2, 0.25) is 0 Å². The number of thiophene rings is 1. The lowest BCUT2D eigenvalue weighted by Crippen LogP contribution is -2.38. The Labute approximate surface area is 130 Å². The summed E-state index contributed by atoms with van der Waals surface area (Å²) in [7, 11) is 0. The Kier molecular flexibility index (Phi) is 4.70. The van der Waals surface area contributed by atoms with Crippen LogP contribution in [0.1, 0.15) is 26.7 Å². The van der Waals surface area contributed by atoms with Crippen LogP contribution < -0.4 is 10.2 Å². The van der Waals surface area contributed by atoms with Gasteiger partial charge in [0.25, 0.3) is 0 Å². The lowest BCUT2D eigenvalue weighted by atomic mass is 9.96. The third-order valence-electron chi connectivity index (χ3n) is 4.12. The van der Waals surface area contributed by atoms with E-state index in [1.165, 1.54) is 17.5 Å². The molecular formula is C16H24N4S. The molecule has 0 bridgehead atoms. The van der Waals surface area contributed by atoms with Crippen molar-refractivity contribution in [3.63, 3.8) is 0 Å². The average molecular weight is 304 g/mol. The van der Waals surface area contributed by atoms with Crippen molar-refractivity contribution in [1.82, 2.24) is 15.3 Å². The molecule has 1 aliphatic heterocycles. The van der Waals surface area contributed by atoms with E-state index in [1.807, 2.05) is 0 Å². The smallest absolute Gasteiger partial charge is 0.150 e. The summed E-state index contributed by atoms with van der Waals surface area (Å²) >= 11 is 1.75. The summed E-state index contributed by atoms with van der Waals surface area (Å²) in [5.74, 6) is 2.67. The highest BCUT2D eigenvalue weighted by Crippen LogP contribution is 2.30. The number of nitrogens with one attached hydrogen (secondary N) is 1. The van der Waals surface area contributed by atoms with Gasteiger partial charge in [0.05, 0.1) is 10.2 Å². The second-order valence-electron chi connectivity index (χ2n) is 6.31. The fourth-order valence-electron chi connectivity index (χ4n) is 2.93. The maximum Gasteiger partial charge on any atom is 0.150 e. The number of piperidine rings is 1. The predicted molar refractivity (Wildman–Crippen MR) is 90.1 cm³/mol. The van der Waals surface area contributed by atoms with E-state index in [1.54, 1.807) is 17.7 Å². The van der Waals surface area contributed by atoms with Crippen molar-refractivity contribution >= 4 is 27.4 Å². The summed E-state index contributed by atoms with van der Waals surface area (Å²) in [6.45, 7) is 9.02. The van der Waals surface area contributed by atoms with Crippen molar-refractivity contribution in [3.8, 4) is 0 Å². The molecule has 3 heterocycles. The molecule has 0 amide bonds. The SMILES string of the molecule is CC(C)CNCC1CCN(c2ncnc3ccsc23)CC1.